The number of anilines is 2. The Morgan fingerprint density at radius 3 is 2.17 bits per heavy atom. The largest absolute Gasteiger partial charge is 0.332 e. The first-order valence-electron chi connectivity index (χ1n) is 9.34. The van der Waals surface area contributed by atoms with Gasteiger partial charge in [-0.15, -0.1) is 0 Å². The Morgan fingerprint density at radius 1 is 0.900 bits per heavy atom. The number of carbonyl (C=O) groups excluding carboxylic acids is 2. The molecule has 0 fully saturated rings. The second-order valence-electron chi connectivity index (χ2n) is 6.32. The van der Waals surface area contributed by atoms with Crippen LogP contribution in [0.2, 0.25) is 0 Å². The fourth-order valence-electron chi connectivity index (χ4n) is 2.94. The molecule has 0 atom stereocenters. The van der Waals surface area contributed by atoms with Crippen molar-refractivity contribution in [2.24, 2.45) is 0 Å². The van der Waals surface area contributed by atoms with Gasteiger partial charge in [0.05, 0.1) is 16.8 Å². The average Bonchev–Trinajstić information content (AvgIpc) is 2.75. The third kappa shape index (κ3) is 4.87. The standard InChI is InChI=1S/C23H20FN3O2S/c1-2-27(16-10-4-3-5-11-16)22(29)18-13-7-9-15-20(18)25-23(30)26-21(28)17-12-6-8-14-19(17)24/h3-15H,2H2,1H3,(H2,25,26,28,30). The zero-order valence-corrected chi connectivity index (χ0v) is 17.1. The number of halogens is 1. The van der Waals surface area contributed by atoms with Crippen LogP contribution in [0.5, 0.6) is 0 Å². The number of rotatable bonds is 5. The highest BCUT2D eigenvalue weighted by Gasteiger charge is 2.20. The highest BCUT2D eigenvalue weighted by molar-refractivity contribution is 7.80. The summed E-state index contributed by atoms with van der Waals surface area (Å²) in [4.78, 5) is 27.1. The lowest BCUT2D eigenvalue weighted by Crippen LogP contribution is -2.36. The Morgan fingerprint density at radius 2 is 1.50 bits per heavy atom. The van der Waals surface area contributed by atoms with Crippen molar-refractivity contribution in [3.05, 3.63) is 95.8 Å². The predicted molar refractivity (Wildman–Crippen MR) is 120 cm³/mol. The molecule has 7 heteroatoms. The second-order valence-corrected chi connectivity index (χ2v) is 6.73. The first kappa shape index (κ1) is 21.1. The molecule has 0 aliphatic heterocycles. The van der Waals surface area contributed by atoms with E-state index < -0.39 is 11.7 Å². The molecule has 0 saturated carbocycles. The van der Waals surface area contributed by atoms with Crippen molar-refractivity contribution in [3.63, 3.8) is 0 Å². The molecule has 2 N–H and O–H groups in total. The molecule has 0 saturated heterocycles. The number of nitrogens with one attached hydrogen (secondary N) is 2. The Bertz CT molecular complexity index is 1070. The minimum Gasteiger partial charge on any atom is -0.332 e. The number of amides is 2. The molecule has 0 unspecified atom stereocenters. The fourth-order valence-corrected chi connectivity index (χ4v) is 3.15. The average molecular weight is 421 g/mol. The summed E-state index contributed by atoms with van der Waals surface area (Å²) in [5.74, 6) is -1.53. The van der Waals surface area contributed by atoms with Crippen molar-refractivity contribution in [1.82, 2.24) is 5.32 Å². The van der Waals surface area contributed by atoms with Gasteiger partial charge in [-0.2, -0.15) is 0 Å². The van der Waals surface area contributed by atoms with E-state index in [1.165, 1.54) is 18.2 Å². The Kier molecular flexibility index (Phi) is 6.87. The van der Waals surface area contributed by atoms with Crippen LogP contribution in [-0.2, 0) is 0 Å². The third-order valence-electron chi connectivity index (χ3n) is 4.38. The molecule has 2 amide bonds. The van der Waals surface area contributed by atoms with Gasteiger partial charge in [-0.3, -0.25) is 14.9 Å². The van der Waals surface area contributed by atoms with Gasteiger partial charge in [0.15, 0.2) is 5.11 Å². The first-order valence-corrected chi connectivity index (χ1v) is 9.75. The topological polar surface area (TPSA) is 61.4 Å². The van der Waals surface area contributed by atoms with Crippen molar-refractivity contribution in [2.75, 3.05) is 16.8 Å². The maximum atomic E-state index is 13.8. The molecular formula is C23H20FN3O2S. The first-order chi connectivity index (χ1) is 14.5. The van der Waals surface area contributed by atoms with E-state index in [2.05, 4.69) is 10.6 Å². The van der Waals surface area contributed by atoms with Gasteiger partial charge in [-0.25, -0.2) is 4.39 Å². The molecule has 3 rings (SSSR count). The van der Waals surface area contributed by atoms with Gasteiger partial charge in [-0.1, -0.05) is 42.5 Å². The van der Waals surface area contributed by atoms with Gasteiger partial charge in [0.1, 0.15) is 5.82 Å². The minimum absolute atomic E-state index is 0.0359. The second kappa shape index (κ2) is 9.76. The highest BCUT2D eigenvalue weighted by Crippen LogP contribution is 2.22. The molecule has 0 aliphatic carbocycles. The van der Waals surface area contributed by atoms with Crippen LogP contribution >= 0.6 is 12.2 Å². The molecule has 0 heterocycles. The zero-order chi connectivity index (χ0) is 21.5. The number of benzene rings is 3. The number of hydrogen-bond acceptors (Lipinski definition) is 3. The van der Waals surface area contributed by atoms with Gasteiger partial charge in [0.25, 0.3) is 11.8 Å². The predicted octanol–water partition coefficient (Wildman–Crippen LogP) is 4.62. The maximum absolute atomic E-state index is 13.8. The SMILES string of the molecule is CCN(C(=O)c1ccccc1NC(=S)NC(=O)c1ccccc1F)c1ccccc1. The van der Waals surface area contributed by atoms with E-state index in [9.17, 15) is 14.0 Å². The van der Waals surface area contributed by atoms with Gasteiger partial charge in [0.2, 0.25) is 0 Å². The van der Waals surface area contributed by atoms with E-state index in [1.54, 1.807) is 35.2 Å². The lowest BCUT2D eigenvalue weighted by molar-refractivity contribution is 0.0971. The summed E-state index contributed by atoms with van der Waals surface area (Å²) in [5, 5.41) is 5.28. The van der Waals surface area contributed by atoms with Crippen LogP contribution in [0.3, 0.4) is 0 Å². The van der Waals surface area contributed by atoms with Crippen LogP contribution in [0.1, 0.15) is 27.6 Å². The smallest absolute Gasteiger partial charge is 0.260 e. The molecular weight excluding hydrogens is 401 g/mol. The molecule has 152 valence electrons. The zero-order valence-electron chi connectivity index (χ0n) is 16.3. The summed E-state index contributed by atoms with van der Waals surface area (Å²) >= 11 is 5.20. The molecule has 0 bridgehead atoms. The number of nitrogens with zero attached hydrogens (tertiary/aromatic N) is 1. The number of thiocarbonyl (C=S) groups is 1. The Labute approximate surface area is 179 Å². The fraction of sp³-hybridized carbons (Fsp3) is 0.0870. The van der Waals surface area contributed by atoms with Gasteiger partial charge < -0.3 is 10.2 Å². The molecule has 5 nitrogen and oxygen atoms in total. The van der Waals surface area contributed by atoms with E-state index >= 15 is 0 Å². The summed E-state index contributed by atoms with van der Waals surface area (Å²) in [5.41, 5.74) is 1.49. The van der Waals surface area contributed by atoms with Crippen LogP contribution in [-0.4, -0.2) is 23.5 Å². The van der Waals surface area contributed by atoms with Crippen molar-refractivity contribution in [2.45, 2.75) is 6.92 Å². The van der Waals surface area contributed by atoms with E-state index in [4.69, 9.17) is 12.2 Å². The number of para-hydroxylation sites is 2. The number of carbonyl (C=O) groups is 2. The summed E-state index contributed by atoms with van der Waals surface area (Å²) in [7, 11) is 0. The van der Waals surface area contributed by atoms with Crippen molar-refractivity contribution in [3.8, 4) is 0 Å². The minimum atomic E-state index is -0.672. The van der Waals surface area contributed by atoms with Crippen LogP contribution in [0, 0.1) is 5.82 Å². The molecule has 0 spiro atoms. The highest BCUT2D eigenvalue weighted by atomic mass is 32.1. The molecule has 0 radical (unpaired) electrons. The Hall–Kier alpha value is -3.58. The lowest BCUT2D eigenvalue weighted by Gasteiger charge is -2.23. The summed E-state index contributed by atoms with van der Waals surface area (Å²) < 4.78 is 13.8. The molecule has 3 aromatic carbocycles. The van der Waals surface area contributed by atoms with Crippen molar-refractivity contribution in [1.29, 1.82) is 0 Å². The quantitative estimate of drug-likeness (QED) is 0.590. The van der Waals surface area contributed by atoms with E-state index in [-0.39, 0.29) is 16.6 Å². The monoisotopic (exact) mass is 421 g/mol. The number of hydrogen-bond donors (Lipinski definition) is 2. The molecule has 0 aromatic heterocycles. The lowest BCUT2D eigenvalue weighted by atomic mass is 10.1. The van der Waals surface area contributed by atoms with Crippen LogP contribution in [0.4, 0.5) is 15.8 Å². The van der Waals surface area contributed by atoms with Crippen LogP contribution < -0.4 is 15.5 Å². The van der Waals surface area contributed by atoms with Crippen molar-refractivity contribution >= 4 is 40.5 Å². The van der Waals surface area contributed by atoms with E-state index in [0.29, 0.717) is 17.8 Å². The summed E-state index contributed by atoms with van der Waals surface area (Å²) in [6.07, 6.45) is 0. The third-order valence-corrected chi connectivity index (χ3v) is 4.58. The maximum Gasteiger partial charge on any atom is 0.260 e. The van der Waals surface area contributed by atoms with Gasteiger partial charge in [0, 0.05) is 12.2 Å². The van der Waals surface area contributed by atoms with E-state index in [1.807, 2.05) is 37.3 Å². The molecule has 3 aromatic rings. The summed E-state index contributed by atoms with van der Waals surface area (Å²) in [6.45, 7) is 2.37. The Balaban J connectivity index is 1.78. The van der Waals surface area contributed by atoms with E-state index in [0.717, 1.165) is 5.69 Å². The van der Waals surface area contributed by atoms with Crippen LogP contribution in [0.25, 0.3) is 0 Å². The van der Waals surface area contributed by atoms with Gasteiger partial charge in [-0.05, 0) is 55.5 Å². The van der Waals surface area contributed by atoms with Crippen molar-refractivity contribution < 1.29 is 14.0 Å². The van der Waals surface area contributed by atoms with Gasteiger partial charge >= 0.3 is 0 Å². The molecule has 30 heavy (non-hydrogen) atoms. The van der Waals surface area contributed by atoms with Crippen LogP contribution in [0.15, 0.2) is 78.9 Å². The molecule has 0 aliphatic rings. The summed E-state index contributed by atoms with van der Waals surface area (Å²) in [6, 6.07) is 21.8. The normalized spacial score (nSPS) is 10.2.